The van der Waals surface area contributed by atoms with Crippen LogP contribution >= 0.6 is 0 Å². The van der Waals surface area contributed by atoms with E-state index in [1.54, 1.807) is 30.5 Å². The van der Waals surface area contributed by atoms with Crippen LogP contribution in [0, 0.1) is 13.8 Å². The van der Waals surface area contributed by atoms with Crippen LogP contribution in [0.4, 0.5) is 13.6 Å². The van der Waals surface area contributed by atoms with E-state index in [4.69, 9.17) is 0 Å². The number of alkyl halides is 2. The summed E-state index contributed by atoms with van der Waals surface area (Å²) in [4.78, 5) is 47.4. The highest BCUT2D eigenvalue weighted by molar-refractivity contribution is 6.11. The summed E-state index contributed by atoms with van der Waals surface area (Å²) in [5, 5.41) is 2.54. The molecule has 1 spiro atoms. The fourth-order valence-electron chi connectivity index (χ4n) is 4.06. The van der Waals surface area contributed by atoms with Gasteiger partial charge in [0.1, 0.15) is 5.54 Å². The Bertz CT molecular complexity index is 1060. The molecule has 1 aromatic heterocycles. The van der Waals surface area contributed by atoms with Gasteiger partial charge < -0.3 is 5.32 Å². The Morgan fingerprint density at radius 2 is 1.74 bits per heavy atom. The van der Waals surface area contributed by atoms with Crippen LogP contribution in [0.2, 0.25) is 0 Å². The summed E-state index contributed by atoms with van der Waals surface area (Å²) in [6, 6.07) is 5.97. The molecule has 4 rings (SSSR count). The third-order valence-electron chi connectivity index (χ3n) is 5.94. The van der Waals surface area contributed by atoms with Gasteiger partial charge in [-0.1, -0.05) is 24.3 Å². The summed E-state index contributed by atoms with van der Waals surface area (Å²) in [7, 11) is 0. The minimum Gasteiger partial charge on any atom is -0.323 e. The molecule has 0 bridgehead atoms. The van der Waals surface area contributed by atoms with Gasteiger partial charge in [0.15, 0.2) is 5.78 Å². The summed E-state index contributed by atoms with van der Waals surface area (Å²) in [5.41, 5.74) is 2.04. The number of carbonyl (C=O) groups is 3. The van der Waals surface area contributed by atoms with Crippen molar-refractivity contribution in [3.8, 4) is 11.3 Å². The number of amides is 3. The van der Waals surface area contributed by atoms with Gasteiger partial charge in [-0.15, -0.1) is 0 Å². The molecule has 0 radical (unpaired) electrons. The van der Waals surface area contributed by atoms with Crippen molar-refractivity contribution in [1.29, 1.82) is 0 Å². The summed E-state index contributed by atoms with van der Waals surface area (Å²) >= 11 is 0. The molecule has 1 N–H and O–H groups in total. The number of hydrogen-bond acceptors (Lipinski definition) is 5. The lowest BCUT2D eigenvalue weighted by molar-refractivity contribution is -0.135. The van der Waals surface area contributed by atoms with Gasteiger partial charge >= 0.3 is 6.03 Å². The van der Waals surface area contributed by atoms with Crippen molar-refractivity contribution in [2.24, 2.45) is 0 Å². The molecule has 0 atom stereocenters. The van der Waals surface area contributed by atoms with Gasteiger partial charge in [-0.2, -0.15) is 0 Å². The highest BCUT2D eigenvalue weighted by atomic mass is 19.3. The fraction of sp³-hybridized carbons (Fsp3) is 0.409. The van der Waals surface area contributed by atoms with Crippen molar-refractivity contribution in [2.75, 3.05) is 6.54 Å². The molecule has 7 nitrogen and oxygen atoms in total. The minimum atomic E-state index is -2.83. The lowest BCUT2D eigenvalue weighted by Crippen LogP contribution is -2.51. The number of halogens is 2. The van der Waals surface area contributed by atoms with E-state index >= 15 is 0 Å². The number of aryl methyl sites for hydroxylation is 2. The van der Waals surface area contributed by atoms with Gasteiger partial charge in [0.25, 0.3) is 5.91 Å². The van der Waals surface area contributed by atoms with Crippen molar-refractivity contribution < 1.29 is 23.2 Å². The molecule has 31 heavy (non-hydrogen) atoms. The summed E-state index contributed by atoms with van der Waals surface area (Å²) in [6.45, 7) is 3.24. The van der Waals surface area contributed by atoms with Gasteiger partial charge in [-0.05, 0) is 26.7 Å². The standard InChI is InChI=1S/C22H22F2N4O3/c1-13-11-25-14(2)18(26-13)16-5-3-15(4-6-16)17(29)12-28-19(30)21(27-20(28)31)7-9-22(23,24)10-8-21/h3-6,11H,7-10,12H2,1-2H3,(H,27,31). The molecule has 162 valence electrons. The first-order valence-electron chi connectivity index (χ1n) is 10.1. The Kier molecular flexibility index (Phi) is 5.07. The van der Waals surface area contributed by atoms with E-state index in [1.165, 1.54) is 0 Å². The fourth-order valence-corrected chi connectivity index (χ4v) is 4.06. The number of nitrogens with one attached hydrogen (secondary N) is 1. The quantitative estimate of drug-likeness (QED) is 0.595. The zero-order valence-corrected chi connectivity index (χ0v) is 17.2. The summed E-state index contributed by atoms with van der Waals surface area (Å²) in [5.74, 6) is -3.86. The van der Waals surface area contributed by atoms with Gasteiger partial charge in [0.05, 0.1) is 23.6 Å². The van der Waals surface area contributed by atoms with E-state index in [-0.39, 0.29) is 12.8 Å². The lowest BCUT2D eigenvalue weighted by atomic mass is 9.80. The average molecular weight is 428 g/mol. The summed E-state index contributed by atoms with van der Waals surface area (Å²) in [6.07, 6.45) is 0.462. The Morgan fingerprint density at radius 3 is 2.39 bits per heavy atom. The van der Waals surface area contributed by atoms with Crippen LogP contribution in [0.15, 0.2) is 30.5 Å². The highest BCUT2D eigenvalue weighted by Gasteiger charge is 2.55. The third kappa shape index (κ3) is 3.92. The van der Waals surface area contributed by atoms with Crippen LogP contribution in [0.25, 0.3) is 11.3 Å². The predicted octanol–water partition coefficient (Wildman–Crippen LogP) is 3.44. The first-order valence-corrected chi connectivity index (χ1v) is 10.1. The number of Topliss-reactive ketones (excluding diaryl/α,β-unsaturated/α-hetero) is 1. The molecule has 2 heterocycles. The number of carbonyl (C=O) groups excluding carboxylic acids is 3. The number of imide groups is 1. The van der Waals surface area contributed by atoms with E-state index in [9.17, 15) is 23.2 Å². The van der Waals surface area contributed by atoms with E-state index < -0.39 is 48.6 Å². The highest BCUT2D eigenvalue weighted by Crippen LogP contribution is 2.41. The Labute approximate surface area is 177 Å². The second-order valence-corrected chi connectivity index (χ2v) is 8.21. The monoisotopic (exact) mass is 428 g/mol. The topological polar surface area (TPSA) is 92.3 Å². The SMILES string of the molecule is Cc1cnc(C)c(-c2ccc(C(=O)CN3C(=O)NC4(CCC(F)(F)CC4)C3=O)cc2)n1. The van der Waals surface area contributed by atoms with Crippen LogP contribution in [0.1, 0.15) is 47.4 Å². The maximum Gasteiger partial charge on any atom is 0.325 e. The van der Waals surface area contributed by atoms with E-state index in [2.05, 4.69) is 15.3 Å². The van der Waals surface area contributed by atoms with E-state index in [1.807, 2.05) is 13.8 Å². The molecular formula is C22H22F2N4O3. The van der Waals surface area contributed by atoms with Crippen molar-refractivity contribution in [1.82, 2.24) is 20.2 Å². The van der Waals surface area contributed by atoms with E-state index in [0.717, 1.165) is 21.9 Å². The second-order valence-electron chi connectivity index (χ2n) is 8.21. The molecule has 2 aliphatic rings. The van der Waals surface area contributed by atoms with Gasteiger partial charge in [-0.3, -0.25) is 19.5 Å². The number of urea groups is 1. The number of hydrogen-bond donors (Lipinski definition) is 1. The number of nitrogens with zero attached hydrogens (tertiary/aromatic N) is 3. The number of rotatable bonds is 4. The van der Waals surface area contributed by atoms with Gasteiger partial charge in [-0.25, -0.2) is 18.6 Å². The Balaban J connectivity index is 1.48. The average Bonchev–Trinajstić information content (AvgIpc) is 2.96. The van der Waals surface area contributed by atoms with Crippen LogP contribution in [-0.2, 0) is 4.79 Å². The predicted molar refractivity (Wildman–Crippen MR) is 108 cm³/mol. The van der Waals surface area contributed by atoms with Crippen molar-refractivity contribution in [3.05, 3.63) is 47.4 Å². The first-order chi connectivity index (χ1) is 14.6. The first kappa shape index (κ1) is 21.0. The van der Waals surface area contributed by atoms with Crippen molar-refractivity contribution >= 4 is 17.7 Å². The van der Waals surface area contributed by atoms with Crippen LogP contribution in [-0.4, -0.2) is 50.6 Å². The zero-order chi connectivity index (χ0) is 22.4. The number of aromatic nitrogens is 2. The lowest BCUT2D eigenvalue weighted by Gasteiger charge is -2.34. The zero-order valence-electron chi connectivity index (χ0n) is 17.2. The summed E-state index contributed by atoms with van der Waals surface area (Å²) < 4.78 is 27.0. The molecule has 9 heteroatoms. The smallest absolute Gasteiger partial charge is 0.323 e. The number of ketones is 1. The number of benzene rings is 1. The van der Waals surface area contributed by atoms with Crippen LogP contribution < -0.4 is 5.32 Å². The normalized spacial score (nSPS) is 19.5. The van der Waals surface area contributed by atoms with Crippen LogP contribution in [0.5, 0.6) is 0 Å². The van der Waals surface area contributed by atoms with E-state index in [0.29, 0.717) is 11.3 Å². The maximum atomic E-state index is 13.5. The van der Waals surface area contributed by atoms with Crippen LogP contribution in [0.3, 0.4) is 0 Å². The molecule has 2 aromatic rings. The van der Waals surface area contributed by atoms with Crippen molar-refractivity contribution in [3.63, 3.8) is 0 Å². The van der Waals surface area contributed by atoms with Gasteiger partial charge in [0, 0.05) is 30.2 Å². The molecule has 1 saturated heterocycles. The molecule has 1 aliphatic carbocycles. The molecule has 1 saturated carbocycles. The maximum absolute atomic E-state index is 13.5. The molecule has 1 aliphatic heterocycles. The second kappa shape index (κ2) is 7.47. The van der Waals surface area contributed by atoms with Crippen molar-refractivity contribution in [2.45, 2.75) is 51.0 Å². The molecule has 3 amide bonds. The Morgan fingerprint density at radius 1 is 1.10 bits per heavy atom. The molecule has 1 aromatic carbocycles. The largest absolute Gasteiger partial charge is 0.325 e. The van der Waals surface area contributed by atoms with Gasteiger partial charge in [0.2, 0.25) is 5.92 Å². The molecule has 2 fully saturated rings. The third-order valence-corrected chi connectivity index (χ3v) is 5.94. The molecular weight excluding hydrogens is 406 g/mol. The minimum absolute atomic E-state index is 0.138. The Hall–Kier alpha value is -3.23. The molecule has 0 unspecified atom stereocenters.